The van der Waals surface area contributed by atoms with Gasteiger partial charge in [0, 0.05) is 49.5 Å². The molecule has 2 atom stereocenters. The lowest BCUT2D eigenvalue weighted by Crippen LogP contribution is -2.31. The van der Waals surface area contributed by atoms with Crippen LogP contribution in [0.1, 0.15) is 164 Å². The maximum Gasteiger partial charge on any atom is 0.338 e. The van der Waals surface area contributed by atoms with Crippen molar-refractivity contribution < 1.29 is 50.6 Å². The van der Waals surface area contributed by atoms with Gasteiger partial charge in [-0.05, 0) is 208 Å². The summed E-state index contributed by atoms with van der Waals surface area (Å²) in [6, 6.07) is 18.4. The number of amides is 1. The molecule has 8 aliphatic carbocycles. The van der Waals surface area contributed by atoms with Gasteiger partial charge in [-0.2, -0.15) is 8.42 Å². The Morgan fingerprint density at radius 1 is 0.581 bits per heavy atom. The van der Waals surface area contributed by atoms with Crippen LogP contribution in [0.4, 0.5) is 11.6 Å². The molecule has 6 aromatic heterocycles. The predicted molar refractivity (Wildman–Crippen MR) is 347 cm³/mol. The van der Waals surface area contributed by atoms with Gasteiger partial charge in [-0.15, -0.1) is 10.2 Å². The van der Waals surface area contributed by atoms with E-state index in [-0.39, 0.29) is 84.8 Å². The Morgan fingerprint density at radius 2 is 1.00 bits per heavy atom. The number of pyridine rings is 4. The Bertz CT molecular complexity index is 4070. The van der Waals surface area contributed by atoms with Crippen molar-refractivity contribution in [3.8, 4) is 23.4 Å². The summed E-state index contributed by atoms with van der Waals surface area (Å²) in [5, 5.41) is 28.3. The summed E-state index contributed by atoms with van der Waals surface area (Å²) in [5.74, 6) is 2.39. The molecule has 93 heavy (non-hydrogen) atoms. The topological polar surface area (TPSA) is 325 Å². The number of nitrogens with two attached hydrogens (primary N) is 1. The number of ether oxygens (including phenoxy) is 2. The fourth-order valence-corrected chi connectivity index (χ4v) is 17.6. The van der Waals surface area contributed by atoms with Crippen molar-refractivity contribution in [1.82, 2.24) is 44.2 Å². The number of rotatable bonds is 25. The zero-order valence-corrected chi connectivity index (χ0v) is 55.9. The minimum absolute atomic E-state index is 0.0141. The van der Waals surface area contributed by atoms with E-state index in [1.54, 1.807) is 48.8 Å². The van der Waals surface area contributed by atoms with Gasteiger partial charge in [0.05, 0.1) is 11.1 Å². The smallest absolute Gasteiger partial charge is 0.338 e. The van der Waals surface area contributed by atoms with E-state index < -0.39 is 31.9 Å². The highest BCUT2D eigenvalue weighted by Crippen LogP contribution is 2.93. The van der Waals surface area contributed by atoms with Crippen LogP contribution in [-0.2, 0) is 29.6 Å². The summed E-state index contributed by atoms with van der Waals surface area (Å²) in [6.07, 6.45) is 24.7. The lowest BCUT2D eigenvalue weighted by molar-refractivity contribution is -0.123. The van der Waals surface area contributed by atoms with Crippen LogP contribution in [0.15, 0.2) is 95.2 Å². The number of ketones is 2. The number of aromatic carboxylic acids is 1. The number of nitrogens with one attached hydrogen (secondary N) is 3. The first-order valence-corrected chi connectivity index (χ1v) is 35.9. The number of carbonyl (C=O) groups is 4. The zero-order valence-electron chi connectivity index (χ0n) is 52.7. The van der Waals surface area contributed by atoms with E-state index in [0.717, 1.165) is 63.3 Å². The number of carbonyl (C=O) groups excluding carboxylic acids is 3. The standard InChI is InChI=1S/C33H39ClN6O5S.C18H16ClN3O4.C15H25N3O2S/c1-31(2)12-10-21(19-31)5-4-17-35-24-6-3-7-27(36-24)46(43,44)39-30(42)22-8-9-25(37-29(22)34)40-18-11-26(38-40)45-20-23(41)28-32(13-14-32)33(28)15-16-33;19-15-10(16(24)25)1-2-12(20-15)22-8-3-13(21-22)26-9-11(23)14-17(4-5-17)18(14)6-7-18;1-15(2)9-8-12(11-15)5-4-10-17-13-6-3-7-14(18-13)21(16,19)20/h3,6-9,11,18,21,28H,4-5,10,12-17,19-20H2,1-2H3,(H,35,36)(H,39,42);1-3,8,14H,4-7,9H2,(H,24,25);3,6-7,12H,4-5,8-11H2,1-2H3,(H,17,18)(H2,16,19,20)/t21-;;12-/m1.1/s1. The van der Waals surface area contributed by atoms with Crippen molar-refractivity contribution in [2.75, 3.05) is 36.9 Å². The lowest BCUT2D eigenvalue weighted by Gasteiger charge is -2.17. The van der Waals surface area contributed by atoms with Crippen LogP contribution in [0.5, 0.6) is 11.8 Å². The average Bonchev–Trinajstić information content (AvgIpc) is 1.45. The summed E-state index contributed by atoms with van der Waals surface area (Å²) < 4.78 is 64.7. The fourth-order valence-electron chi connectivity index (χ4n) is 15.7. The maximum atomic E-state index is 13.0. The van der Waals surface area contributed by atoms with E-state index in [4.69, 9.17) is 42.9 Å². The molecule has 8 aliphatic rings. The van der Waals surface area contributed by atoms with Gasteiger partial charge in [-0.3, -0.25) is 14.4 Å². The van der Waals surface area contributed by atoms with E-state index in [2.05, 4.69) is 68.5 Å². The Labute approximate surface area is 551 Å². The van der Waals surface area contributed by atoms with Crippen LogP contribution in [0.3, 0.4) is 0 Å². The third-order valence-corrected chi connectivity index (χ3v) is 23.5. The largest absolute Gasteiger partial charge is 0.478 e. The molecular formula is C66H80Cl2N12O11S2. The van der Waals surface area contributed by atoms with Crippen LogP contribution in [0.2, 0.25) is 10.3 Å². The number of hydrogen-bond acceptors (Lipinski definition) is 18. The normalized spacial score (nSPS) is 21.4. The molecule has 1 amide bonds. The van der Waals surface area contributed by atoms with E-state index in [1.807, 2.05) is 4.72 Å². The zero-order chi connectivity index (χ0) is 65.9. The Balaban J connectivity index is 0.000000149. The third kappa shape index (κ3) is 14.3. The molecule has 6 heterocycles. The summed E-state index contributed by atoms with van der Waals surface area (Å²) in [6.45, 7) is 10.8. The number of fused-ring (bicyclic) bond motifs is 2. The number of sulfonamides is 2. The number of hydrogen-bond donors (Lipinski definition) is 5. The average molecular weight is 1350 g/mol. The van der Waals surface area contributed by atoms with Crippen LogP contribution in [0.25, 0.3) is 11.6 Å². The van der Waals surface area contributed by atoms with Crippen LogP contribution in [-0.4, -0.2) is 111 Å². The molecule has 0 aliphatic heterocycles. The minimum atomic E-state index is -4.28. The van der Waals surface area contributed by atoms with Crippen molar-refractivity contribution in [3.63, 3.8) is 0 Å². The molecule has 8 fully saturated rings. The number of aromatic nitrogens is 8. The van der Waals surface area contributed by atoms with E-state index >= 15 is 0 Å². The number of anilines is 2. The van der Waals surface area contributed by atoms with Crippen molar-refractivity contribution in [3.05, 3.63) is 107 Å². The van der Waals surface area contributed by atoms with Crippen molar-refractivity contribution >= 4 is 78.3 Å². The summed E-state index contributed by atoms with van der Waals surface area (Å²) in [4.78, 5) is 65.6. The molecule has 23 nitrogen and oxygen atoms in total. The first kappa shape index (κ1) is 66.0. The van der Waals surface area contributed by atoms with Gasteiger partial charge in [0.25, 0.3) is 26.0 Å². The van der Waals surface area contributed by atoms with Gasteiger partial charge in [-0.25, -0.2) is 52.4 Å². The van der Waals surface area contributed by atoms with Crippen molar-refractivity contribution in [2.24, 2.45) is 61.3 Å². The summed E-state index contributed by atoms with van der Waals surface area (Å²) in [7, 11) is -8.02. The quantitative estimate of drug-likeness (QED) is 0.0263. The van der Waals surface area contributed by atoms with E-state index in [9.17, 15) is 36.0 Å². The predicted octanol–water partition coefficient (Wildman–Crippen LogP) is 11.1. The molecule has 6 aromatic rings. The second-order valence-electron chi connectivity index (χ2n) is 28.4. The highest BCUT2D eigenvalue weighted by Gasteiger charge is 2.89. The molecular weight excluding hydrogens is 1270 g/mol. The molecule has 4 spiro atoms. The number of carboxylic acids is 1. The molecule has 0 saturated heterocycles. The van der Waals surface area contributed by atoms with Crippen LogP contribution in [0, 0.1) is 56.2 Å². The molecule has 0 unspecified atom stereocenters. The van der Waals surface area contributed by atoms with Gasteiger partial charge in [0.15, 0.2) is 33.3 Å². The number of nitrogens with zero attached hydrogens (tertiary/aromatic N) is 8. The molecule has 8 saturated carbocycles. The van der Waals surface area contributed by atoms with Gasteiger partial charge < -0.3 is 25.2 Å². The Hall–Kier alpha value is -7.06. The number of halogens is 2. The maximum absolute atomic E-state index is 13.0. The molecule has 0 aromatic carbocycles. The van der Waals surface area contributed by atoms with Gasteiger partial charge in [-0.1, -0.05) is 63.0 Å². The van der Waals surface area contributed by atoms with Gasteiger partial charge >= 0.3 is 5.97 Å². The Kier molecular flexibility index (Phi) is 17.9. The molecule has 6 N–H and O–H groups in total. The summed E-state index contributed by atoms with van der Waals surface area (Å²) in [5.41, 5.74) is 1.96. The van der Waals surface area contributed by atoms with Crippen LogP contribution >= 0.6 is 23.2 Å². The first-order valence-electron chi connectivity index (χ1n) is 32.2. The fraction of sp³-hybridized carbons (Fsp3) is 0.545. The molecule has 496 valence electrons. The monoisotopic (exact) mass is 1350 g/mol. The minimum Gasteiger partial charge on any atom is -0.478 e. The Morgan fingerprint density at radius 3 is 1.39 bits per heavy atom. The molecule has 14 rings (SSSR count). The highest BCUT2D eigenvalue weighted by molar-refractivity contribution is 7.90. The molecule has 27 heteroatoms. The number of Topliss-reactive ketones (excluding diaryl/α,β-unsaturated/α-hetero) is 2. The number of primary sulfonamides is 1. The van der Waals surface area contributed by atoms with Crippen molar-refractivity contribution in [2.45, 2.75) is 153 Å². The van der Waals surface area contributed by atoms with Gasteiger partial charge in [0.1, 0.15) is 35.2 Å². The third-order valence-electron chi connectivity index (χ3n) is 20.9. The van der Waals surface area contributed by atoms with Gasteiger partial charge in [0.2, 0.25) is 11.8 Å². The first-order chi connectivity index (χ1) is 44.1. The molecule has 0 radical (unpaired) electrons. The summed E-state index contributed by atoms with van der Waals surface area (Å²) >= 11 is 12.2. The van der Waals surface area contributed by atoms with Crippen molar-refractivity contribution in [1.29, 1.82) is 0 Å². The number of carboxylic acid groups (broad SMARTS) is 1. The van der Waals surface area contributed by atoms with E-state index in [1.165, 1.54) is 116 Å². The second-order valence-corrected chi connectivity index (χ2v) is 32.3. The van der Waals surface area contributed by atoms with Crippen LogP contribution < -0.4 is 30.0 Å². The second kappa shape index (κ2) is 25.3. The highest BCUT2D eigenvalue weighted by atomic mass is 35.5. The van der Waals surface area contributed by atoms with E-state index in [0.29, 0.717) is 57.4 Å². The lowest BCUT2D eigenvalue weighted by atomic mass is 9.89. The molecule has 0 bridgehead atoms. The SMILES string of the molecule is CC1(C)CC[C@@H](CCCNc2cccc(S(=O)(=O)NC(=O)c3ccc(-n4ccc(OCC(=O)C5C6(CC6)C56CC6)n4)nc3Cl)n2)C1.CC1(C)CC[C@@H](CCCNc2cccc(S(N)(=O)=O)n2)C1.O=C(O)c1ccc(-n2ccc(OCC(=O)C3C4(CC4)C34CC4)n2)nc1Cl.